The van der Waals surface area contributed by atoms with Crippen molar-refractivity contribution in [1.29, 1.82) is 0 Å². The molecule has 16 heavy (non-hydrogen) atoms. The Morgan fingerprint density at radius 3 is 2.75 bits per heavy atom. The predicted octanol–water partition coefficient (Wildman–Crippen LogP) is 3.61. The summed E-state index contributed by atoms with van der Waals surface area (Å²) < 4.78 is 0. The Morgan fingerprint density at radius 1 is 1.25 bits per heavy atom. The predicted molar refractivity (Wildman–Crippen MR) is 70.9 cm³/mol. The molecule has 1 atom stereocenters. The van der Waals surface area contributed by atoms with E-state index in [4.69, 9.17) is 5.73 Å². The van der Waals surface area contributed by atoms with Crippen LogP contribution in [0.2, 0.25) is 0 Å². The van der Waals surface area contributed by atoms with Gasteiger partial charge < -0.3 is 5.73 Å². The smallest absolute Gasteiger partial charge is 0.0338 e. The second-order valence-electron chi connectivity index (χ2n) is 4.30. The Labute approximate surface area is 101 Å². The lowest BCUT2D eigenvalue weighted by atomic mass is 9.96. The van der Waals surface area contributed by atoms with Gasteiger partial charge >= 0.3 is 0 Å². The van der Waals surface area contributed by atoms with Crippen molar-refractivity contribution >= 4 is 11.3 Å². The first kappa shape index (κ1) is 11.4. The molecule has 0 aliphatic rings. The molecule has 0 saturated carbocycles. The van der Waals surface area contributed by atoms with E-state index in [1.54, 1.807) is 11.3 Å². The van der Waals surface area contributed by atoms with Crippen LogP contribution in [0.5, 0.6) is 0 Å². The second-order valence-corrected chi connectivity index (χ2v) is 5.08. The number of rotatable bonds is 3. The highest BCUT2D eigenvalue weighted by atomic mass is 32.1. The van der Waals surface area contributed by atoms with E-state index in [9.17, 15) is 0 Å². The van der Waals surface area contributed by atoms with E-state index in [2.05, 4.69) is 48.9 Å². The molecule has 0 aliphatic carbocycles. The summed E-state index contributed by atoms with van der Waals surface area (Å²) in [6.45, 7) is 4.24. The molecule has 1 aromatic heterocycles. The van der Waals surface area contributed by atoms with E-state index in [0.717, 1.165) is 6.42 Å². The topological polar surface area (TPSA) is 26.0 Å². The van der Waals surface area contributed by atoms with Gasteiger partial charge in [-0.25, -0.2) is 0 Å². The lowest BCUT2D eigenvalue weighted by Gasteiger charge is -2.14. The van der Waals surface area contributed by atoms with Crippen LogP contribution in [-0.4, -0.2) is 0 Å². The Bertz CT molecular complexity index is 460. The highest BCUT2D eigenvalue weighted by Gasteiger charge is 2.10. The van der Waals surface area contributed by atoms with Crippen LogP contribution in [0.15, 0.2) is 35.0 Å². The van der Waals surface area contributed by atoms with Crippen LogP contribution in [0, 0.1) is 13.8 Å². The molecule has 0 amide bonds. The highest BCUT2D eigenvalue weighted by Crippen LogP contribution is 2.21. The van der Waals surface area contributed by atoms with Gasteiger partial charge in [0, 0.05) is 6.04 Å². The molecule has 0 radical (unpaired) electrons. The molecule has 2 rings (SSSR count). The van der Waals surface area contributed by atoms with Gasteiger partial charge in [0.15, 0.2) is 0 Å². The van der Waals surface area contributed by atoms with Crippen molar-refractivity contribution in [3.63, 3.8) is 0 Å². The molecule has 2 N–H and O–H groups in total. The quantitative estimate of drug-likeness (QED) is 0.858. The third kappa shape index (κ3) is 2.52. The maximum absolute atomic E-state index is 6.26. The average molecular weight is 231 g/mol. The van der Waals surface area contributed by atoms with Crippen LogP contribution < -0.4 is 5.73 Å². The Hall–Kier alpha value is -1.12. The molecule has 0 fully saturated rings. The average Bonchev–Trinajstić information content (AvgIpc) is 2.74. The van der Waals surface area contributed by atoms with E-state index >= 15 is 0 Å². The van der Waals surface area contributed by atoms with Crippen molar-refractivity contribution in [3.8, 4) is 0 Å². The zero-order chi connectivity index (χ0) is 11.5. The van der Waals surface area contributed by atoms with Crippen LogP contribution in [0.25, 0.3) is 0 Å². The Morgan fingerprint density at radius 2 is 2.06 bits per heavy atom. The molecule has 2 aromatic rings. The van der Waals surface area contributed by atoms with Gasteiger partial charge in [-0.3, -0.25) is 0 Å². The summed E-state index contributed by atoms with van der Waals surface area (Å²) in [5.74, 6) is 0. The fourth-order valence-electron chi connectivity index (χ4n) is 1.93. The zero-order valence-corrected chi connectivity index (χ0v) is 10.6. The number of hydrogen-bond donors (Lipinski definition) is 1. The van der Waals surface area contributed by atoms with Gasteiger partial charge in [0.05, 0.1) is 0 Å². The van der Waals surface area contributed by atoms with Gasteiger partial charge in [0.2, 0.25) is 0 Å². The van der Waals surface area contributed by atoms with Crippen LogP contribution in [0.4, 0.5) is 0 Å². The molecule has 1 unspecified atom stereocenters. The third-order valence-corrected chi connectivity index (χ3v) is 3.60. The van der Waals surface area contributed by atoms with Crippen molar-refractivity contribution in [1.82, 2.24) is 0 Å². The minimum absolute atomic E-state index is 0.106. The first-order chi connectivity index (χ1) is 7.66. The maximum Gasteiger partial charge on any atom is 0.0338 e. The second kappa shape index (κ2) is 4.81. The fourth-order valence-corrected chi connectivity index (χ4v) is 2.61. The first-order valence-electron chi connectivity index (χ1n) is 5.50. The summed E-state index contributed by atoms with van der Waals surface area (Å²) in [7, 11) is 0. The first-order valence-corrected chi connectivity index (χ1v) is 6.45. The van der Waals surface area contributed by atoms with Crippen molar-refractivity contribution in [2.24, 2.45) is 5.73 Å². The lowest BCUT2D eigenvalue weighted by Crippen LogP contribution is -2.14. The molecular formula is C14H17NS. The summed E-state index contributed by atoms with van der Waals surface area (Å²) in [6.07, 6.45) is 0.924. The zero-order valence-electron chi connectivity index (χ0n) is 9.73. The summed E-state index contributed by atoms with van der Waals surface area (Å²) in [4.78, 5) is 0. The normalized spacial score (nSPS) is 12.7. The SMILES string of the molecule is Cc1ccc(C)c(C(N)Cc2ccsc2)c1. The van der Waals surface area contributed by atoms with E-state index in [1.165, 1.54) is 22.3 Å². The lowest BCUT2D eigenvalue weighted by molar-refractivity contribution is 0.717. The van der Waals surface area contributed by atoms with Gasteiger partial charge in [-0.2, -0.15) is 11.3 Å². The largest absolute Gasteiger partial charge is 0.324 e. The minimum Gasteiger partial charge on any atom is -0.324 e. The van der Waals surface area contributed by atoms with Crippen LogP contribution >= 0.6 is 11.3 Å². The Balaban J connectivity index is 2.20. The van der Waals surface area contributed by atoms with Gasteiger partial charge in [0.25, 0.3) is 0 Å². The molecule has 2 heteroatoms. The summed E-state index contributed by atoms with van der Waals surface area (Å²) in [5, 5.41) is 4.27. The van der Waals surface area contributed by atoms with Crippen molar-refractivity contribution in [2.75, 3.05) is 0 Å². The van der Waals surface area contributed by atoms with Gasteiger partial charge in [-0.1, -0.05) is 23.8 Å². The standard InChI is InChI=1S/C14H17NS/c1-10-3-4-11(2)13(7-10)14(15)8-12-5-6-16-9-12/h3-7,9,14H,8,15H2,1-2H3. The van der Waals surface area contributed by atoms with Crippen LogP contribution in [0.1, 0.15) is 28.3 Å². The molecule has 0 bridgehead atoms. The third-order valence-electron chi connectivity index (χ3n) is 2.87. The molecular weight excluding hydrogens is 214 g/mol. The maximum atomic E-state index is 6.26. The van der Waals surface area contributed by atoms with Crippen LogP contribution in [-0.2, 0) is 6.42 Å². The molecule has 1 nitrogen and oxygen atoms in total. The van der Waals surface area contributed by atoms with E-state index in [0.29, 0.717) is 0 Å². The minimum atomic E-state index is 0.106. The van der Waals surface area contributed by atoms with E-state index in [-0.39, 0.29) is 6.04 Å². The number of benzene rings is 1. The molecule has 84 valence electrons. The van der Waals surface area contributed by atoms with E-state index in [1.807, 2.05) is 0 Å². The molecule has 0 spiro atoms. The molecule has 0 aliphatic heterocycles. The number of thiophene rings is 1. The van der Waals surface area contributed by atoms with Gasteiger partial charge in [0.1, 0.15) is 0 Å². The fraction of sp³-hybridized carbons (Fsp3) is 0.286. The number of aryl methyl sites for hydroxylation is 2. The summed E-state index contributed by atoms with van der Waals surface area (Å²) in [6, 6.07) is 8.74. The number of nitrogens with two attached hydrogens (primary N) is 1. The molecule has 0 saturated heterocycles. The summed E-state index contributed by atoms with van der Waals surface area (Å²) >= 11 is 1.73. The number of hydrogen-bond acceptors (Lipinski definition) is 2. The van der Waals surface area contributed by atoms with Gasteiger partial charge in [-0.05, 0) is 53.8 Å². The monoisotopic (exact) mass is 231 g/mol. The van der Waals surface area contributed by atoms with Gasteiger partial charge in [-0.15, -0.1) is 0 Å². The molecule has 1 aromatic carbocycles. The molecule has 1 heterocycles. The van der Waals surface area contributed by atoms with Crippen molar-refractivity contribution < 1.29 is 0 Å². The van der Waals surface area contributed by atoms with Crippen molar-refractivity contribution in [3.05, 3.63) is 57.3 Å². The van der Waals surface area contributed by atoms with Crippen molar-refractivity contribution in [2.45, 2.75) is 26.3 Å². The summed E-state index contributed by atoms with van der Waals surface area (Å²) in [5.41, 5.74) is 11.4. The highest BCUT2D eigenvalue weighted by molar-refractivity contribution is 7.07. The van der Waals surface area contributed by atoms with E-state index < -0.39 is 0 Å². The van der Waals surface area contributed by atoms with Crippen LogP contribution in [0.3, 0.4) is 0 Å². The Kier molecular flexibility index (Phi) is 3.42.